The maximum Gasteiger partial charge on any atom is 0.326 e. The summed E-state index contributed by atoms with van der Waals surface area (Å²) in [5.74, 6) is -3.43. The quantitative estimate of drug-likeness (QED) is 0.103. The summed E-state index contributed by atoms with van der Waals surface area (Å²) in [5.41, 5.74) is 12.2. The second kappa shape index (κ2) is 14.7. The van der Waals surface area contributed by atoms with Crippen molar-refractivity contribution in [1.29, 1.82) is 0 Å². The summed E-state index contributed by atoms with van der Waals surface area (Å²) in [7, 11) is 0. The molecule has 5 unspecified atom stereocenters. The number of nitrogens with two attached hydrogens (primary N) is 2. The van der Waals surface area contributed by atoms with E-state index >= 15 is 0 Å². The van der Waals surface area contributed by atoms with E-state index in [0.717, 1.165) is 0 Å². The fourth-order valence-corrected chi connectivity index (χ4v) is 3.44. The largest absolute Gasteiger partial charge is 0.480 e. The SMILES string of the molecule is CC(O)C(N)C(=O)NC(CCCCN)C(=O)NC(Cc1cnc[nH]1)C(=O)NC(Cc1cnc[nH]1)C(=O)O. The van der Waals surface area contributed by atoms with Gasteiger partial charge in [-0.3, -0.25) is 14.4 Å². The molecule has 3 amide bonds. The van der Waals surface area contributed by atoms with Crippen LogP contribution in [0.15, 0.2) is 25.0 Å². The second-order valence-electron chi connectivity index (χ2n) is 8.63. The smallest absolute Gasteiger partial charge is 0.326 e. The van der Waals surface area contributed by atoms with Gasteiger partial charge in [0.25, 0.3) is 0 Å². The number of carbonyl (C=O) groups is 4. The molecule has 204 valence electrons. The van der Waals surface area contributed by atoms with Crippen molar-refractivity contribution in [3.05, 3.63) is 36.4 Å². The average molecular weight is 522 g/mol. The van der Waals surface area contributed by atoms with E-state index in [1.54, 1.807) is 0 Å². The number of carboxylic acid groups (broad SMARTS) is 1. The molecule has 2 rings (SSSR count). The topological polar surface area (TPSA) is 254 Å². The minimum Gasteiger partial charge on any atom is -0.480 e. The zero-order chi connectivity index (χ0) is 27.4. The van der Waals surface area contributed by atoms with Crippen LogP contribution in [0, 0.1) is 0 Å². The standard InChI is InChI=1S/C22H35N9O6/c1-12(32)18(24)21(35)29-15(4-2-3-5-23)19(33)30-16(6-13-8-25-10-27-13)20(34)31-17(22(36)37)7-14-9-26-11-28-14/h8-12,15-18,32H,2-7,23-24H2,1H3,(H,25,27)(H,26,28)(H,29,35)(H,30,33)(H,31,34)(H,36,37). The first-order chi connectivity index (χ1) is 17.6. The predicted octanol–water partition coefficient (Wildman–Crippen LogP) is -2.71. The number of rotatable bonds is 16. The van der Waals surface area contributed by atoms with E-state index in [-0.39, 0.29) is 19.3 Å². The number of aliphatic hydroxyl groups is 1. The molecule has 2 heterocycles. The Balaban J connectivity index is 2.19. The first-order valence-electron chi connectivity index (χ1n) is 11.8. The monoisotopic (exact) mass is 521 g/mol. The molecule has 0 saturated heterocycles. The van der Waals surface area contributed by atoms with Gasteiger partial charge in [0.15, 0.2) is 0 Å². The minimum atomic E-state index is -1.29. The highest BCUT2D eigenvalue weighted by molar-refractivity contribution is 5.94. The number of aromatic nitrogens is 4. The van der Waals surface area contributed by atoms with Crippen molar-refractivity contribution in [2.24, 2.45) is 11.5 Å². The minimum absolute atomic E-state index is 0.0232. The van der Waals surface area contributed by atoms with Gasteiger partial charge < -0.3 is 47.6 Å². The Bertz CT molecular complexity index is 996. The van der Waals surface area contributed by atoms with Crippen LogP contribution in [0.5, 0.6) is 0 Å². The molecule has 0 saturated carbocycles. The summed E-state index contributed by atoms with van der Waals surface area (Å²) in [6.45, 7) is 1.73. The number of amides is 3. The maximum atomic E-state index is 13.2. The molecule has 5 atom stereocenters. The van der Waals surface area contributed by atoms with Gasteiger partial charge in [-0.2, -0.15) is 0 Å². The van der Waals surface area contributed by atoms with Crippen LogP contribution in [-0.4, -0.2) is 90.7 Å². The van der Waals surface area contributed by atoms with Crippen molar-refractivity contribution in [3.63, 3.8) is 0 Å². The number of aliphatic hydroxyl groups excluding tert-OH is 1. The number of carboxylic acids is 1. The van der Waals surface area contributed by atoms with Crippen molar-refractivity contribution in [2.45, 2.75) is 69.3 Å². The molecule has 2 aromatic rings. The van der Waals surface area contributed by atoms with E-state index in [4.69, 9.17) is 11.5 Å². The van der Waals surface area contributed by atoms with E-state index in [0.29, 0.717) is 30.8 Å². The number of H-pyrrole nitrogens is 2. The zero-order valence-corrected chi connectivity index (χ0v) is 20.5. The first kappa shape index (κ1) is 29.4. The molecule has 0 aliphatic rings. The highest BCUT2D eigenvalue weighted by atomic mass is 16.4. The summed E-state index contributed by atoms with van der Waals surface area (Å²) >= 11 is 0. The third-order valence-electron chi connectivity index (χ3n) is 5.61. The number of hydrogen-bond acceptors (Lipinski definition) is 9. The fourth-order valence-electron chi connectivity index (χ4n) is 3.44. The van der Waals surface area contributed by atoms with Crippen molar-refractivity contribution in [3.8, 4) is 0 Å². The highest BCUT2D eigenvalue weighted by Gasteiger charge is 2.31. The molecule has 2 aromatic heterocycles. The van der Waals surface area contributed by atoms with Gasteiger partial charge in [0.2, 0.25) is 17.7 Å². The predicted molar refractivity (Wildman–Crippen MR) is 131 cm³/mol. The van der Waals surface area contributed by atoms with Crippen LogP contribution in [-0.2, 0) is 32.0 Å². The molecular weight excluding hydrogens is 486 g/mol. The van der Waals surface area contributed by atoms with Crippen LogP contribution in [0.4, 0.5) is 0 Å². The van der Waals surface area contributed by atoms with Crippen LogP contribution in [0.25, 0.3) is 0 Å². The molecule has 0 fully saturated rings. The number of nitrogens with zero attached hydrogens (tertiary/aromatic N) is 2. The van der Waals surface area contributed by atoms with Crippen LogP contribution < -0.4 is 27.4 Å². The highest BCUT2D eigenvalue weighted by Crippen LogP contribution is 2.07. The van der Waals surface area contributed by atoms with Gasteiger partial charge in [-0.15, -0.1) is 0 Å². The van der Waals surface area contributed by atoms with Gasteiger partial charge >= 0.3 is 5.97 Å². The van der Waals surface area contributed by atoms with Crippen LogP contribution in [0.2, 0.25) is 0 Å². The van der Waals surface area contributed by atoms with Crippen molar-refractivity contribution in [1.82, 2.24) is 35.9 Å². The normalized spacial score (nSPS) is 15.1. The third-order valence-corrected chi connectivity index (χ3v) is 5.61. The van der Waals surface area contributed by atoms with E-state index in [1.165, 1.54) is 32.0 Å². The molecule has 0 radical (unpaired) electrons. The average Bonchev–Trinajstić information content (AvgIpc) is 3.56. The fraction of sp³-hybridized carbons (Fsp3) is 0.545. The molecule has 0 spiro atoms. The first-order valence-corrected chi connectivity index (χ1v) is 11.8. The summed E-state index contributed by atoms with van der Waals surface area (Å²) in [6.07, 6.45) is 5.77. The number of nitrogens with one attached hydrogen (secondary N) is 5. The Labute approximate surface area is 213 Å². The number of unbranched alkanes of at least 4 members (excludes halogenated alkanes) is 1. The van der Waals surface area contributed by atoms with Gasteiger partial charge in [0.05, 0.1) is 18.8 Å². The second-order valence-corrected chi connectivity index (χ2v) is 8.63. The van der Waals surface area contributed by atoms with E-state index in [1.807, 2.05) is 0 Å². The lowest BCUT2D eigenvalue weighted by atomic mass is 10.0. The lowest BCUT2D eigenvalue weighted by Gasteiger charge is -2.25. The Hall–Kier alpha value is -3.82. The molecule has 0 aromatic carbocycles. The van der Waals surface area contributed by atoms with Crippen LogP contribution in [0.1, 0.15) is 37.6 Å². The van der Waals surface area contributed by atoms with Gasteiger partial charge in [-0.1, -0.05) is 0 Å². The van der Waals surface area contributed by atoms with Gasteiger partial charge in [0.1, 0.15) is 24.2 Å². The lowest BCUT2D eigenvalue weighted by molar-refractivity contribution is -0.142. The van der Waals surface area contributed by atoms with E-state index in [9.17, 15) is 29.4 Å². The molecule has 0 aliphatic carbocycles. The van der Waals surface area contributed by atoms with Crippen LogP contribution >= 0.6 is 0 Å². The third kappa shape index (κ3) is 9.63. The molecule has 37 heavy (non-hydrogen) atoms. The summed E-state index contributed by atoms with van der Waals surface area (Å²) in [4.78, 5) is 63.9. The van der Waals surface area contributed by atoms with Crippen molar-refractivity contribution < 1.29 is 29.4 Å². The van der Waals surface area contributed by atoms with E-state index in [2.05, 4.69) is 35.9 Å². The Morgan fingerprint density at radius 1 is 0.892 bits per heavy atom. The molecule has 0 bridgehead atoms. The zero-order valence-electron chi connectivity index (χ0n) is 20.5. The van der Waals surface area contributed by atoms with Gasteiger partial charge in [0, 0.05) is 36.6 Å². The summed E-state index contributed by atoms with van der Waals surface area (Å²) in [5, 5.41) is 26.8. The maximum absolute atomic E-state index is 13.2. The Kier molecular flexibility index (Phi) is 11.7. The van der Waals surface area contributed by atoms with Gasteiger partial charge in [-0.25, -0.2) is 14.8 Å². The number of carbonyl (C=O) groups excluding carboxylic acids is 3. The number of imidazole rings is 2. The molecule has 0 aliphatic heterocycles. The lowest BCUT2D eigenvalue weighted by Crippen LogP contribution is -2.58. The molecular formula is C22H35N9O6. The van der Waals surface area contributed by atoms with E-state index < -0.39 is 54.0 Å². The number of hydrogen-bond donors (Lipinski definition) is 9. The Morgan fingerprint density at radius 3 is 1.89 bits per heavy atom. The molecule has 15 nitrogen and oxygen atoms in total. The summed E-state index contributed by atoms with van der Waals surface area (Å²) < 4.78 is 0. The number of aliphatic carboxylic acids is 1. The summed E-state index contributed by atoms with van der Waals surface area (Å²) in [6, 6.07) is -4.82. The molecule has 15 heteroatoms. The number of aromatic amines is 2. The van der Waals surface area contributed by atoms with Crippen molar-refractivity contribution >= 4 is 23.7 Å². The Morgan fingerprint density at radius 2 is 1.41 bits per heavy atom. The van der Waals surface area contributed by atoms with Gasteiger partial charge in [-0.05, 0) is 32.7 Å². The van der Waals surface area contributed by atoms with Crippen molar-refractivity contribution in [2.75, 3.05) is 6.54 Å². The molecule has 11 N–H and O–H groups in total. The van der Waals surface area contributed by atoms with Crippen LogP contribution in [0.3, 0.4) is 0 Å².